The van der Waals surface area contributed by atoms with Crippen LogP contribution < -0.4 is 0 Å². The first-order valence-corrected chi connectivity index (χ1v) is 12.4. The second-order valence-corrected chi connectivity index (χ2v) is 10.3. The van der Waals surface area contributed by atoms with E-state index in [2.05, 4.69) is 59.2 Å². The summed E-state index contributed by atoms with van der Waals surface area (Å²) in [4.78, 5) is 23.7. The fourth-order valence-corrected chi connectivity index (χ4v) is 3.72. The van der Waals surface area contributed by atoms with Gasteiger partial charge in [0.25, 0.3) is 0 Å². The van der Waals surface area contributed by atoms with Gasteiger partial charge in [-0.2, -0.15) is 10.2 Å². The molecule has 0 aliphatic carbocycles. The van der Waals surface area contributed by atoms with Crippen molar-refractivity contribution in [3.8, 4) is 0 Å². The quantitative estimate of drug-likeness (QED) is 0.200. The second-order valence-electron chi connectivity index (χ2n) is 8.52. The molecule has 4 rings (SSSR count). The number of ether oxygens (including phenoxy) is 2. The van der Waals surface area contributed by atoms with Gasteiger partial charge >= 0.3 is 11.9 Å². The molecule has 0 unspecified atom stereocenters. The molecule has 2 N–H and O–H groups in total. The molecule has 2 aromatic carbocycles. The van der Waals surface area contributed by atoms with Crippen LogP contribution in [0.2, 0.25) is 0 Å². The molecular weight excluding hydrogens is 568 g/mol. The van der Waals surface area contributed by atoms with Gasteiger partial charge in [0, 0.05) is 19.7 Å². The van der Waals surface area contributed by atoms with Gasteiger partial charge in [-0.05, 0) is 63.6 Å². The van der Waals surface area contributed by atoms with Gasteiger partial charge in [-0.25, -0.2) is 9.59 Å². The number of aromatic amines is 2. The van der Waals surface area contributed by atoms with Crippen LogP contribution in [0.1, 0.15) is 61.5 Å². The Morgan fingerprint density at radius 1 is 0.882 bits per heavy atom. The summed E-state index contributed by atoms with van der Waals surface area (Å²) >= 11 is 6.73. The highest BCUT2D eigenvalue weighted by molar-refractivity contribution is 9.10. The van der Waals surface area contributed by atoms with E-state index in [-0.39, 0.29) is 5.97 Å². The molecule has 4 aromatic rings. The number of unbranched alkanes of at least 4 members (excludes halogenated alkanes) is 1. The van der Waals surface area contributed by atoms with Crippen molar-refractivity contribution < 1.29 is 19.1 Å². The number of esters is 2. The number of hydrogen-bond acceptors (Lipinski definition) is 6. The zero-order valence-corrected chi connectivity index (χ0v) is 22.5. The third-order valence-corrected chi connectivity index (χ3v) is 5.55. The fraction of sp³-hybridized carbons (Fsp3) is 0.333. The SMILES string of the molecule is CC(C)(C)OC(=O)c1n[nH]c2cc(Br)ccc12.CCCCOC(=O)c1n[nH]c2ccc(Br)cc12. The molecule has 0 saturated heterocycles. The standard InChI is InChI=1S/2C12H13BrN2O2/c1-12(2,3)17-11(16)10-8-5-4-7(13)6-9(8)14-15-10;1-2-3-6-17-12(16)11-9-7-8(13)4-5-10(9)14-15-11/h4-6H,1-3H3,(H,14,15);4-5,7H,2-3,6H2,1H3,(H,14,15). The number of halogens is 2. The number of hydrogen-bond donors (Lipinski definition) is 2. The van der Waals surface area contributed by atoms with E-state index < -0.39 is 11.6 Å². The Bertz CT molecular complexity index is 1310. The second kappa shape index (κ2) is 11.1. The van der Waals surface area contributed by atoms with Gasteiger partial charge in [0.2, 0.25) is 0 Å². The summed E-state index contributed by atoms with van der Waals surface area (Å²) in [5.41, 5.74) is 1.79. The fourth-order valence-electron chi connectivity index (χ4n) is 2.99. The van der Waals surface area contributed by atoms with E-state index >= 15 is 0 Å². The Labute approximate surface area is 214 Å². The molecule has 0 saturated carbocycles. The van der Waals surface area contributed by atoms with Crippen molar-refractivity contribution in [2.45, 2.75) is 46.1 Å². The highest BCUT2D eigenvalue weighted by Crippen LogP contribution is 2.23. The number of aromatic nitrogens is 4. The van der Waals surface area contributed by atoms with E-state index in [1.54, 1.807) is 0 Å². The largest absolute Gasteiger partial charge is 0.461 e. The van der Waals surface area contributed by atoms with Crippen molar-refractivity contribution in [1.82, 2.24) is 20.4 Å². The Balaban J connectivity index is 0.000000191. The van der Waals surface area contributed by atoms with Crippen LogP contribution in [0.4, 0.5) is 0 Å². The number of carbonyl (C=O) groups is 2. The molecule has 0 bridgehead atoms. The molecule has 0 radical (unpaired) electrons. The molecule has 0 fully saturated rings. The number of nitrogens with one attached hydrogen (secondary N) is 2. The van der Waals surface area contributed by atoms with Crippen LogP contribution in [0.25, 0.3) is 21.8 Å². The lowest BCUT2D eigenvalue weighted by Crippen LogP contribution is -2.24. The molecule has 0 aliphatic heterocycles. The predicted molar refractivity (Wildman–Crippen MR) is 138 cm³/mol. The van der Waals surface area contributed by atoms with Gasteiger partial charge < -0.3 is 9.47 Å². The maximum absolute atomic E-state index is 11.9. The Hall–Kier alpha value is -2.72. The third-order valence-electron chi connectivity index (χ3n) is 4.57. The van der Waals surface area contributed by atoms with Gasteiger partial charge in [-0.1, -0.05) is 45.2 Å². The maximum atomic E-state index is 11.9. The summed E-state index contributed by atoms with van der Waals surface area (Å²) in [5.74, 6) is -0.783. The molecule has 0 aliphatic rings. The van der Waals surface area contributed by atoms with E-state index in [9.17, 15) is 9.59 Å². The first-order chi connectivity index (χ1) is 16.1. The van der Waals surface area contributed by atoms with Gasteiger partial charge in [-0.3, -0.25) is 10.2 Å². The lowest BCUT2D eigenvalue weighted by Gasteiger charge is -2.18. The molecule has 2 aromatic heterocycles. The summed E-state index contributed by atoms with van der Waals surface area (Å²) in [6.07, 6.45) is 1.87. The Kier molecular flexibility index (Phi) is 8.48. The Morgan fingerprint density at radius 3 is 2.18 bits per heavy atom. The first-order valence-electron chi connectivity index (χ1n) is 10.8. The molecule has 180 valence electrons. The van der Waals surface area contributed by atoms with Gasteiger partial charge in [-0.15, -0.1) is 0 Å². The smallest absolute Gasteiger partial charge is 0.360 e. The van der Waals surface area contributed by atoms with Crippen molar-refractivity contribution >= 4 is 65.6 Å². The van der Waals surface area contributed by atoms with Crippen molar-refractivity contribution in [1.29, 1.82) is 0 Å². The summed E-state index contributed by atoms with van der Waals surface area (Å²) in [6, 6.07) is 11.2. The van der Waals surface area contributed by atoms with Crippen LogP contribution >= 0.6 is 31.9 Å². The van der Waals surface area contributed by atoms with E-state index in [1.807, 2.05) is 57.2 Å². The number of rotatable bonds is 5. The van der Waals surface area contributed by atoms with E-state index in [1.165, 1.54) is 0 Å². The maximum Gasteiger partial charge on any atom is 0.360 e. The molecular formula is C24H26Br2N4O4. The van der Waals surface area contributed by atoms with Crippen molar-refractivity contribution in [3.05, 3.63) is 56.7 Å². The number of carbonyl (C=O) groups excluding carboxylic acids is 2. The highest BCUT2D eigenvalue weighted by Gasteiger charge is 2.22. The first kappa shape index (κ1) is 25.9. The summed E-state index contributed by atoms with van der Waals surface area (Å²) < 4.78 is 12.3. The average molecular weight is 594 g/mol. The number of benzene rings is 2. The predicted octanol–water partition coefficient (Wildman–Crippen LogP) is 6.56. The van der Waals surface area contributed by atoms with Crippen LogP contribution in [-0.2, 0) is 9.47 Å². The minimum atomic E-state index is -0.516. The lowest BCUT2D eigenvalue weighted by atomic mass is 10.2. The van der Waals surface area contributed by atoms with Gasteiger partial charge in [0.15, 0.2) is 11.4 Å². The van der Waals surface area contributed by atoms with Crippen molar-refractivity contribution in [3.63, 3.8) is 0 Å². The van der Waals surface area contributed by atoms with Crippen molar-refractivity contribution in [2.24, 2.45) is 0 Å². The zero-order valence-electron chi connectivity index (χ0n) is 19.4. The van der Waals surface area contributed by atoms with Crippen LogP contribution in [0.5, 0.6) is 0 Å². The highest BCUT2D eigenvalue weighted by atomic mass is 79.9. The lowest BCUT2D eigenvalue weighted by molar-refractivity contribution is 0.00648. The van der Waals surface area contributed by atoms with Gasteiger partial charge in [0.05, 0.1) is 17.6 Å². The number of fused-ring (bicyclic) bond motifs is 2. The van der Waals surface area contributed by atoms with Crippen LogP contribution in [0.15, 0.2) is 45.3 Å². The molecule has 0 amide bonds. The monoisotopic (exact) mass is 592 g/mol. The van der Waals surface area contributed by atoms with Crippen LogP contribution in [0, 0.1) is 0 Å². The minimum Gasteiger partial charge on any atom is -0.461 e. The molecule has 10 heteroatoms. The van der Waals surface area contributed by atoms with E-state index in [4.69, 9.17) is 9.47 Å². The number of nitrogens with zero attached hydrogens (tertiary/aromatic N) is 2. The van der Waals surface area contributed by atoms with Crippen LogP contribution in [0.3, 0.4) is 0 Å². The van der Waals surface area contributed by atoms with Crippen molar-refractivity contribution in [2.75, 3.05) is 6.61 Å². The van der Waals surface area contributed by atoms with E-state index in [0.717, 1.165) is 43.6 Å². The summed E-state index contributed by atoms with van der Waals surface area (Å²) in [5, 5.41) is 15.2. The topological polar surface area (TPSA) is 110 Å². The molecule has 2 heterocycles. The minimum absolute atomic E-state index is 0.322. The average Bonchev–Trinajstić information content (AvgIpc) is 3.36. The zero-order chi connectivity index (χ0) is 24.9. The summed E-state index contributed by atoms with van der Waals surface area (Å²) in [6.45, 7) is 7.98. The molecule has 0 atom stereocenters. The third kappa shape index (κ3) is 6.66. The van der Waals surface area contributed by atoms with E-state index in [0.29, 0.717) is 18.0 Å². The van der Waals surface area contributed by atoms with Gasteiger partial charge in [0.1, 0.15) is 5.60 Å². The molecule has 8 nitrogen and oxygen atoms in total. The molecule has 34 heavy (non-hydrogen) atoms. The van der Waals surface area contributed by atoms with Crippen LogP contribution in [-0.4, -0.2) is 44.5 Å². The molecule has 0 spiro atoms. The number of H-pyrrole nitrogens is 2. The normalized spacial score (nSPS) is 11.2. The summed E-state index contributed by atoms with van der Waals surface area (Å²) in [7, 11) is 0. The Morgan fingerprint density at radius 2 is 1.50 bits per heavy atom.